The van der Waals surface area contributed by atoms with Gasteiger partial charge in [0.1, 0.15) is 0 Å². The Balaban J connectivity index is 0.00000210. The van der Waals surface area contributed by atoms with Crippen molar-refractivity contribution >= 4 is 24.0 Å². The van der Waals surface area contributed by atoms with Gasteiger partial charge in [0.2, 0.25) is 11.7 Å². The summed E-state index contributed by atoms with van der Waals surface area (Å²) in [6.07, 6.45) is 0.717. The first-order chi connectivity index (χ1) is 12.7. The molecule has 0 aliphatic carbocycles. The van der Waals surface area contributed by atoms with E-state index in [4.69, 9.17) is 21.9 Å². The molecule has 5 nitrogen and oxygen atoms in total. The number of halogens is 2. The Labute approximate surface area is 169 Å². The van der Waals surface area contributed by atoms with Gasteiger partial charge in [-0.05, 0) is 29.8 Å². The van der Waals surface area contributed by atoms with Crippen LogP contribution in [0.4, 0.5) is 0 Å². The van der Waals surface area contributed by atoms with Crippen LogP contribution in [0.1, 0.15) is 17.4 Å². The molecular formula is C20H22Cl2N4O. The van der Waals surface area contributed by atoms with Crippen molar-refractivity contribution in [1.29, 1.82) is 0 Å². The van der Waals surface area contributed by atoms with Gasteiger partial charge in [0.25, 0.3) is 0 Å². The standard InChI is InChI=1S/C20H21ClN4O.ClH/c21-16-8-6-15(7-9-16)20-23-19(26-24-20)10-11-25-12-17(18(22)13-25)14-4-2-1-3-5-14;/h1-9,17-18H,10-13,22H2;1H/t17-,18+;/m0./s1. The summed E-state index contributed by atoms with van der Waals surface area (Å²) in [5, 5.41) is 4.76. The minimum Gasteiger partial charge on any atom is -0.339 e. The SMILES string of the molecule is Cl.N[C@@H]1CN(CCc2nc(-c3ccc(Cl)cc3)no2)C[C@H]1c1ccccc1. The molecule has 1 fully saturated rings. The zero-order valence-electron chi connectivity index (χ0n) is 14.8. The topological polar surface area (TPSA) is 68.2 Å². The average molecular weight is 405 g/mol. The molecule has 0 unspecified atom stereocenters. The van der Waals surface area contributed by atoms with E-state index in [0.29, 0.717) is 22.7 Å². The van der Waals surface area contributed by atoms with E-state index in [0.717, 1.165) is 31.6 Å². The Bertz CT molecular complexity index is 854. The molecule has 142 valence electrons. The van der Waals surface area contributed by atoms with Crippen molar-refractivity contribution in [2.75, 3.05) is 19.6 Å². The number of nitrogens with zero attached hydrogens (tertiary/aromatic N) is 3. The molecule has 7 heteroatoms. The fourth-order valence-corrected chi connectivity index (χ4v) is 3.60. The van der Waals surface area contributed by atoms with Gasteiger partial charge in [-0.3, -0.25) is 0 Å². The largest absolute Gasteiger partial charge is 0.339 e. The maximum absolute atomic E-state index is 6.36. The quantitative estimate of drug-likeness (QED) is 0.700. The summed E-state index contributed by atoms with van der Waals surface area (Å²) in [6, 6.07) is 18.1. The molecule has 1 aliphatic heterocycles. The van der Waals surface area contributed by atoms with E-state index in [9.17, 15) is 0 Å². The van der Waals surface area contributed by atoms with Crippen LogP contribution in [-0.2, 0) is 6.42 Å². The summed E-state index contributed by atoms with van der Waals surface area (Å²) in [7, 11) is 0. The number of aromatic nitrogens is 2. The summed E-state index contributed by atoms with van der Waals surface area (Å²) in [5.74, 6) is 1.62. The highest BCUT2D eigenvalue weighted by Crippen LogP contribution is 2.26. The first kappa shape index (κ1) is 19.8. The Morgan fingerprint density at radius 1 is 1.07 bits per heavy atom. The molecule has 1 aliphatic rings. The van der Waals surface area contributed by atoms with E-state index in [2.05, 4.69) is 39.3 Å². The Hall–Kier alpha value is -1.92. The lowest BCUT2D eigenvalue weighted by Gasteiger charge is -2.15. The predicted molar refractivity (Wildman–Crippen MR) is 109 cm³/mol. The Kier molecular flexibility index (Phi) is 6.50. The summed E-state index contributed by atoms with van der Waals surface area (Å²) in [4.78, 5) is 6.86. The van der Waals surface area contributed by atoms with Gasteiger partial charge in [-0.25, -0.2) is 0 Å². The number of hydrogen-bond acceptors (Lipinski definition) is 5. The van der Waals surface area contributed by atoms with E-state index in [-0.39, 0.29) is 18.4 Å². The van der Waals surface area contributed by atoms with Crippen molar-refractivity contribution in [1.82, 2.24) is 15.0 Å². The zero-order valence-corrected chi connectivity index (χ0v) is 16.4. The van der Waals surface area contributed by atoms with Crippen LogP contribution >= 0.6 is 24.0 Å². The average Bonchev–Trinajstić information content (AvgIpc) is 3.28. The van der Waals surface area contributed by atoms with Crippen LogP contribution in [0.3, 0.4) is 0 Å². The maximum atomic E-state index is 6.36. The van der Waals surface area contributed by atoms with Crippen LogP contribution in [0.25, 0.3) is 11.4 Å². The molecule has 1 saturated heterocycles. The number of likely N-dealkylation sites (tertiary alicyclic amines) is 1. The second-order valence-corrected chi connectivity index (χ2v) is 7.15. The van der Waals surface area contributed by atoms with Crippen molar-refractivity contribution in [2.45, 2.75) is 18.4 Å². The molecular weight excluding hydrogens is 383 g/mol. The Morgan fingerprint density at radius 2 is 1.81 bits per heavy atom. The first-order valence-electron chi connectivity index (χ1n) is 8.80. The van der Waals surface area contributed by atoms with Gasteiger partial charge in [0.05, 0.1) is 0 Å². The molecule has 0 bridgehead atoms. The number of hydrogen-bond donors (Lipinski definition) is 1. The molecule has 0 amide bonds. The summed E-state index contributed by atoms with van der Waals surface area (Å²) in [5.41, 5.74) is 8.57. The van der Waals surface area contributed by atoms with Crippen LogP contribution in [0, 0.1) is 0 Å². The molecule has 3 aromatic rings. The molecule has 0 spiro atoms. The molecule has 0 saturated carbocycles. The van der Waals surface area contributed by atoms with Crippen molar-refractivity contribution in [3.63, 3.8) is 0 Å². The van der Waals surface area contributed by atoms with Crippen molar-refractivity contribution in [2.24, 2.45) is 5.73 Å². The van der Waals surface area contributed by atoms with E-state index in [1.54, 1.807) is 0 Å². The molecule has 2 atom stereocenters. The minimum atomic E-state index is 0. The van der Waals surface area contributed by atoms with Crippen LogP contribution in [0.2, 0.25) is 5.02 Å². The van der Waals surface area contributed by atoms with Gasteiger partial charge >= 0.3 is 0 Å². The third-order valence-corrected chi connectivity index (χ3v) is 5.13. The third-order valence-electron chi connectivity index (χ3n) is 4.88. The summed E-state index contributed by atoms with van der Waals surface area (Å²) >= 11 is 5.91. The molecule has 4 rings (SSSR count). The molecule has 2 N–H and O–H groups in total. The van der Waals surface area contributed by atoms with Crippen LogP contribution < -0.4 is 5.73 Å². The lowest BCUT2D eigenvalue weighted by molar-refractivity contribution is 0.307. The molecule has 1 aromatic heterocycles. The van der Waals surface area contributed by atoms with E-state index >= 15 is 0 Å². The summed E-state index contributed by atoms with van der Waals surface area (Å²) in [6.45, 7) is 2.71. The first-order valence-corrected chi connectivity index (χ1v) is 9.18. The van der Waals surface area contributed by atoms with E-state index in [1.807, 2.05) is 30.3 Å². The van der Waals surface area contributed by atoms with Gasteiger partial charge < -0.3 is 15.2 Å². The van der Waals surface area contributed by atoms with Gasteiger partial charge in [-0.1, -0.05) is 47.1 Å². The highest BCUT2D eigenvalue weighted by Gasteiger charge is 2.31. The van der Waals surface area contributed by atoms with E-state index in [1.165, 1.54) is 5.56 Å². The highest BCUT2D eigenvalue weighted by molar-refractivity contribution is 6.30. The predicted octanol–water partition coefficient (Wildman–Crippen LogP) is 3.78. The molecule has 27 heavy (non-hydrogen) atoms. The Morgan fingerprint density at radius 3 is 2.56 bits per heavy atom. The van der Waals surface area contributed by atoms with Crippen molar-refractivity contribution < 1.29 is 4.52 Å². The smallest absolute Gasteiger partial charge is 0.228 e. The molecule has 2 aromatic carbocycles. The van der Waals surface area contributed by atoms with Gasteiger partial charge in [0.15, 0.2) is 0 Å². The summed E-state index contributed by atoms with van der Waals surface area (Å²) < 4.78 is 5.40. The van der Waals surface area contributed by atoms with Crippen molar-refractivity contribution in [3.8, 4) is 11.4 Å². The van der Waals surface area contributed by atoms with E-state index < -0.39 is 0 Å². The fourth-order valence-electron chi connectivity index (χ4n) is 3.48. The van der Waals surface area contributed by atoms with Crippen LogP contribution in [0.5, 0.6) is 0 Å². The third kappa shape index (κ3) is 4.68. The maximum Gasteiger partial charge on any atom is 0.228 e. The van der Waals surface area contributed by atoms with Crippen LogP contribution in [-0.4, -0.2) is 40.7 Å². The monoisotopic (exact) mass is 404 g/mol. The second-order valence-electron chi connectivity index (χ2n) is 6.71. The van der Waals surface area contributed by atoms with Gasteiger partial charge in [0, 0.05) is 48.6 Å². The number of nitrogens with two attached hydrogens (primary N) is 1. The van der Waals surface area contributed by atoms with Crippen molar-refractivity contribution in [3.05, 3.63) is 71.1 Å². The van der Waals surface area contributed by atoms with Crippen LogP contribution in [0.15, 0.2) is 59.1 Å². The number of benzene rings is 2. The van der Waals surface area contributed by atoms with Gasteiger partial charge in [-0.15, -0.1) is 12.4 Å². The lowest BCUT2D eigenvalue weighted by atomic mass is 9.95. The normalized spacial score (nSPS) is 19.8. The second kappa shape index (κ2) is 8.85. The number of rotatable bonds is 5. The molecule has 2 heterocycles. The minimum absolute atomic E-state index is 0. The molecule has 0 radical (unpaired) electrons. The fraction of sp³-hybridized carbons (Fsp3) is 0.300. The lowest BCUT2D eigenvalue weighted by Crippen LogP contribution is -2.29. The zero-order chi connectivity index (χ0) is 17.9. The van der Waals surface area contributed by atoms with Gasteiger partial charge in [-0.2, -0.15) is 4.98 Å². The highest BCUT2D eigenvalue weighted by atomic mass is 35.5.